The van der Waals surface area contributed by atoms with E-state index in [1.165, 1.54) is 0 Å². The van der Waals surface area contributed by atoms with Crippen LogP contribution in [0.3, 0.4) is 0 Å². The summed E-state index contributed by atoms with van der Waals surface area (Å²) in [4.78, 5) is 1.89. The Morgan fingerprint density at radius 3 is 2.00 bits per heavy atom. The molecule has 1 N–H and O–H groups in total. The smallest absolute Gasteiger partial charge is 0.166 e. The van der Waals surface area contributed by atoms with Crippen LogP contribution in [0.15, 0.2) is 6.07 Å². The number of piperazine rings is 1. The van der Waals surface area contributed by atoms with Gasteiger partial charge in [-0.05, 0) is 12.3 Å². The maximum atomic E-state index is 14.1. The van der Waals surface area contributed by atoms with Crippen molar-refractivity contribution >= 4 is 12.4 Å². The van der Waals surface area contributed by atoms with E-state index < -0.39 is 34.9 Å². The van der Waals surface area contributed by atoms with Crippen molar-refractivity contribution in [3.8, 4) is 0 Å². The zero-order chi connectivity index (χ0) is 15.6. The number of hydrogen-bond donors (Lipinski definition) is 1. The summed E-state index contributed by atoms with van der Waals surface area (Å²) >= 11 is 0. The molecule has 1 fully saturated rings. The Labute approximate surface area is 134 Å². The number of nitrogens with one attached hydrogen (secondary N) is 1. The van der Waals surface area contributed by atoms with Gasteiger partial charge >= 0.3 is 0 Å². The van der Waals surface area contributed by atoms with Crippen molar-refractivity contribution in [1.29, 1.82) is 0 Å². The minimum Gasteiger partial charge on any atom is -0.314 e. The van der Waals surface area contributed by atoms with E-state index in [-0.39, 0.29) is 24.4 Å². The molecule has 126 valence electrons. The van der Waals surface area contributed by atoms with E-state index in [0.717, 1.165) is 0 Å². The van der Waals surface area contributed by atoms with Crippen LogP contribution in [0.5, 0.6) is 0 Å². The Balaban J connectivity index is 0.00000242. The SMILES string of the molecule is CC(C)C[C@@H](c1c(F)c(F)cc(F)c1F)N1CCNCC1.Cl. The first kappa shape index (κ1) is 19.2. The number of rotatable bonds is 4. The molecule has 0 unspecified atom stereocenters. The molecule has 0 amide bonds. The van der Waals surface area contributed by atoms with Gasteiger partial charge in [0, 0.05) is 43.9 Å². The summed E-state index contributed by atoms with van der Waals surface area (Å²) < 4.78 is 55.1. The second kappa shape index (κ2) is 8.13. The van der Waals surface area contributed by atoms with Gasteiger partial charge in [-0.3, -0.25) is 4.90 Å². The molecule has 1 heterocycles. The third-order valence-corrected chi connectivity index (χ3v) is 3.77. The topological polar surface area (TPSA) is 15.3 Å². The molecule has 0 radical (unpaired) electrons. The highest BCUT2D eigenvalue weighted by atomic mass is 35.5. The molecule has 7 heteroatoms. The predicted molar refractivity (Wildman–Crippen MR) is 80.2 cm³/mol. The van der Waals surface area contributed by atoms with Crippen LogP contribution in [-0.4, -0.2) is 31.1 Å². The van der Waals surface area contributed by atoms with Crippen LogP contribution < -0.4 is 5.32 Å². The van der Waals surface area contributed by atoms with Gasteiger partial charge in [-0.1, -0.05) is 13.8 Å². The molecule has 0 spiro atoms. The summed E-state index contributed by atoms with van der Waals surface area (Å²) in [6.45, 7) is 6.40. The first-order chi connectivity index (χ1) is 9.91. The minimum absolute atomic E-state index is 0. The summed E-state index contributed by atoms with van der Waals surface area (Å²) in [5.74, 6) is -5.09. The lowest BCUT2D eigenvalue weighted by Crippen LogP contribution is -2.46. The molecule has 1 aromatic rings. The maximum Gasteiger partial charge on any atom is 0.166 e. The first-order valence-electron chi connectivity index (χ1n) is 7.19. The van der Waals surface area contributed by atoms with Crippen LogP contribution in [0.25, 0.3) is 0 Å². The van der Waals surface area contributed by atoms with Gasteiger partial charge in [-0.2, -0.15) is 0 Å². The Kier molecular flexibility index (Phi) is 7.09. The highest BCUT2D eigenvalue weighted by Gasteiger charge is 2.31. The molecular weight excluding hydrogens is 320 g/mol. The second-order valence-electron chi connectivity index (χ2n) is 5.81. The van der Waals surface area contributed by atoms with E-state index in [9.17, 15) is 17.6 Å². The van der Waals surface area contributed by atoms with E-state index in [1.54, 1.807) is 0 Å². The van der Waals surface area contributed by atoms with E-state index in [4.69, 9.17) is 0 Å². The number of nitrogens with zero attached hydrogens (tertiary/aromatic N) is 1. The van der Waals surface area contributed by atoms with Crippen molar-refractivity contribution in [3.63, 3.8) is 0 Å². The molecule has 2 nitrogen and oxygen atoms in total. The van der Waals surface area contributed by atoms with Crippen LogP contribution in [-0.2, 0) is 0 Å². The largest absolute Gasteiger partial charge is 0.314 e. The van der Waals surface area contributed by atoms with Gasteiger partial charge in [0.2, 0.25) is 0 Å². The average molecular weight is 341 g/mol. The summed E-state index contributed by atoms with van der Waals surface area (Å²) in [6.07, 6.45) is 0.441. The van der Waals surface area contributed by atoms with E-state index in [2.05, 4.69) is 5.32 Å². The third-order valence-electron chi connectivity index (χ3n) is 3.77. The molecule has 0 saturated carbocycles. The highest BCUT2D eigenvalue weighted by Crippen LogP contribution is 2.33. The lowest BCUT2D eigenvalue weighted by molar-refractivity contribution is 0.146. The van der Waals surface area contributed by atoms with Crippen molar-refractivity contribution < 1.29 is 17.6 Å². The fraction of sp³-hybridized carbons (Fsp3) is 0.600. The maximum absolute atomic E-state index is 14.1. The fourth-order valence-electron chi connectivity index (χ4n) is 2.77. The van der Waals surface area contributed by atoms with Gasteiger partial charge in [0.15, 0.2) is 23.3 Å². The van der Waals surface area contributed by atoms with Crippen molar-refractivity contribution in [2.75, 3.05) is 26.2 Å². The monoisotopic (exact) mass is 340 g/mol. The summed E-state index contributed by atoms with van der Waals surface area (Å²) in [7, 11) is 0. The van der Waals surface area contributed by atoms with Gasteiger partial charge in [0.1, 0.15) is 0 Å². The molecule has 1 aromatic carbocycles. The summed E-state index contributed by atoms with van der Waals surface area (Å²) in [6, 6.07) is -0.393. The Morgan fingerprint density at radius 2 is 1.55 bits per heavy atom. The van der Waals surface area contributed by atoms with Crippen molar-refractivity contribution in [2.24, 2.45) is 5.92 Å². The van der Waals surface area contributed by atoms with Gasteiger partial charge in [-0.15, -0.1) is 12.4 Å². The molecule has 1 atom stereocenters. The summed E-state index contributed by atoms with van der Waals surface area (Å²) in [5.41, 5.74) is -0.483. The fourth-order valence-corrected chi connectivity index (χ4v) is 2.77. The van der Waals surface area contributed by atoms with Crippen LogP contribution >= 0.6 is 12.4 Å². The van der Waals surface area contributed by atoms with E-state index in [0.29, 0.717) is 32.6 Å². The van der Waals surface area contributed by atoms with Gasteiger partial charge < -0.3 is 5.32 Å². The number of halogens is 5. The third kappa shape index (κ3) is 4.12. The van der Waals surface area contributed by atoms with Crippen molar-refractivity contribution in [1.82, 2.24) is 10.2 Å². The van der Waals surface area contributed by atoms with Gasteiger partial charge in [-0.25, -0.2) is 17.6 Å². The van der Waals surface area contributed by atoms with Gasteiger partial charge in [0.05, 0.1) is 0 Å². The highest BCUT2D eigenvalue weighted by molar-refractivity contribution is 5.85. The zero-order valence-corrected chi connectivity index (χ0v) is 13.5. The van der Waals surface area contributed by atoms with Crippen LogP contribution in [0.1, 0.15) is 31.9 Å². The first-order valence-corrected chi connectivity index (χ1v) is 7.19. The molecule has 0 aliphatic carbocycles. The standard InChI is InChI=1S/C15H20F4N2.ClH/c1-9(2)7-12(21-5-3-20-4-6-21)13-14(18)10(16)8-11(17)15(13)19;/h8-9,12,20H,3-7H2,1-2H3;1H/t12-;/m0./s1. The van der Waals surface area contributed by atoms with Crippen LogP contribution in [0.4, 0.5) is 17.6 Å². The number of benzene rings is 1. The molecular formula is C15H21ClF4N2. The minimum atomic E-state index is -1.34. The normalized spacial score (nSPS) is 17.4. The molecule has 2 rings (SSSR count). The second-order valence-corrected chi connectivity index (χ2v) is 5.81. The Morgan fingerprint density at radius 1 is 1.05 bits per heavy atom. The Hall–Kier alpha value is -0.850. The Bertz CT molecular complexity index is 479. The molecule has 0 bridgehead atoms. The lowest BCUT2D eigenvalue weighted by Gasteiger charge is -2.36. The predicted octanol–water partition coefficient (Wildman–Crippen LogP) is 3.66. The van der Waals surface area contributed by atoms with E-state index >= 15 is 0 Å². The molecule has 1 aliphatic heterocycles. The van der Waals surface area contributed by atoms with Crippen molar-refractivity contribution in [3.05, 3.63) is 34.9 Å². The molecule has 1 aliphatic rings. The quantitative estimate of drug-likeness (QED) is 0.665. The molecule has 0 aromatic heterocycles. The van der Waals surface area contributed by atoms with Gasteiger partial charge in [0.25, 0.3) is 0 Å². The van der Waals surface area contributed by atoms with Crippen molar-refractivity contribution in [2.45, 2.75) is 26.3 Å². The van der Waals surface area contributed by atoms with Crippen LogP contribution in [0.2, 0.25) is 0 Å². The van der Waals surface area contributed by atoms with Crippen LogP contribution in [0, 0.1) is 29.2 Å². The lowest BCUT2D eigenvalue weighted by atomic mass is 9.94. The average Bonchev–Trinajstić information content (AvgIpc) is 2.45. The zero-order valence-electron chi connectivity index (χ0n) is 12.6. The molecule has 22 heavy (non-hydrogen) atoms. The number of hydrogen-bond acceptors (Lipinski definition) is 2. The molecule has 1 saturated heterocycles. The summed E-state index contributed by atoms with van der Waals surface area (Å²) in [5, 5.41) is 3.15. The van der Waals surface area contributed by atoms with E-state index in [1.807, 2.05) is 18.7 Å².